The van der Waals surface area contributed by atoms with Crippen LogP contribution in [0.25, 0.3) is 10.8 Å². The SMILES string of the molecule is PPc1cccc2ccccc12. The van der Waals surface area contributed by atoms with Gasteiger partial charge in [0.25, 0.3) is 0 Å². The maximum absolute atomic E-state index is 2.79. The van der Waals surface area contributed by atoms with Gasteiger partial charge in [0.05, 0.1) is 0 Å². The summed E-state index contributed by atoms with van der Waals surface area (Å²) in [6.45, 7) is 0. The van der Waals surface area contributed by atoms with Crippen molar-refractivity contribution in [2.75, 3.05) is 0 Å². The van der Waals surface area contributed by atoms with Crippen molar-refractivity contribution >= 4 is 33.3 Å². The van der Waals surface area contributed by atoms with Gasteiger partial charge in [-0.05, 0) is 16.1 Å². The summed E-state index contributed by atoms with van der Waals surface area (Å²) < 4.78 is 0. The van der Waals surface area contributed by atoms with Gasteiger partial charge in [-0.15, -0.1) is 8.93 Å². The summed E-state index contributed by atoms with van der Waals surface area (Å²) in [6, 6.07) is 15.0. The van der Waals surface area contributed by atoms with E-state index in [1.165, 1.54) is 16.1 Å². The molecular weight excluding hydrogens is 182 g/mol. The second kappa shape index (κ2) is 3.52. The Morgan fingerprint density at radius 3 is 2.50 bits per heavy atom. The Morgan fingerprint density at radius 1 is 0.917 bits per heavy atom. The molecule has 0 nitrogen and oxygen atoms in total. The fourth-order valence-corrected chi connectivity index (χ4v) is 2.68. The van der Waals surface area contributed by atoms with Crippen LogP contribution in [0.15, 0.2) is 42.5 Å². The average molecular weight is 192 g/mol. The number of hydrogen-bond acceptors (Lipinski definition) is 0. The zero-order chi connectivity index (χ0) is 8.39. The zero-order valence-electron chi connectivity index (χ0n) is 6.62. The first-order valence-electron chi connectivity index (χ1n) is 3.86. The Bertz CT molecular complexity index is 390. The minimum atomic E-state index is 0.801. The van der Waals surface area contributed by atoms with E-state index in [4.69, 9.17) is 0 Å². The molecule has 60 valence electrons. The van der Waals surface area contributed by atoms with E-state index in [-0.39, 0.29) is 0 Å². The third-order valence-corrected chi connectivity index (χ3v) is 3.63. The lowest BCUT2D eigenvalue weighted by molar-refractivity contribution is 1.78. The van der Waals surface area contributed by atoms with Gasteiger partial charge in [0.2, 0.25) is 0 Å². The minimum absolute atomic E-state index is 0.801. The largest absolute Gasteiger partial charge is 0.110 e. The Balaban J connectivity index is 2.79. The van der Waals surface area contributed by atoms with Crippen molar-refractivity contribution in [3.63, 3.8) is 0 Å². The fourth-order valence-electron chi connectivity index (χ4n) is 1.35. The first-order valence-corrected chi connectivity index (χ1v) is 6.67. The van der Waals surface area contributed by atoms with Crippen LogP contribution < -0.4 is 5.30 Å². The van der Waals surface area contributed by atoms with Gasteiger partial charge in [0.1, 0.15) is 0 Å². The molecule has 2 aromatic carbocycles. The van der Waals surface area contributed by atoms with Gasteiger partial charge in [-0.2, -0.15) is 0 Å². The molecule has 0 spiro atoms. The number of rotatable bonds is 1. The molecule has 0 saturated heterocycles. The van der Waals surface area contributed by atoms with Crippen molar-refractivity contribution in [1.29, 1.82) is 0 Å². The van der Waals surface area contributed by atoms with Gasteiger partial charge in [-0.25, -0.2) is 0 Å². The lowest BCUT2D eigenvalue weighted by Gasteiger charge is -2.02. The predicted molar refractivity (Wildman–Crippen MR) is 61.6 cm³/mol. The van der Waals surface area contributed by atoms with Crippen LogP contribution in [0.3, 0.4) is 0 Å². The van der Waals surface area contributed by atoms with E-state index in [0.717, 1.165) is 8.27 Å². The van der Waals surface area contributed by atoms with Crippen molar-refractivity contribution in [2.45, 2.75) is 0 Å². The van der Waals surface area contributed by atoms with Gasteiger partial charge in [0, 0.05) is 0 Å². The van der Waals surface area contributed by atoms with E-state index < -0.39 is 0 Å². The molecule has 0 aliphatic carbocycles. The molecule has 0 aliphatic rings. The second-order valence-corrected chi connectivity index (χ2v) is 4.36. The number of fused-ring (bicyclic) bond motifs is 1. The highest BCUT2D eigenvalue weighted by atomic mass is 32.0. The summed E-state index contributed by atoms with van der Waals surface area (Å²) >= 11 is 0. The highest BCUT2D eigenvalue weighted by molar-refractivity contribution is 8.07. The predicted octanol–water partition coefficient (Wildman–Crippen LogP) is 2.93. The van der Waals surface area contributed by atoms with Crippen LogP contribution in [0.4, 0.5) is 0 Å². The Kier molecular flexibility index (Phi) is 2.40. The van der Waals surface area contributed by atoms with E-state index in [9.17, 15) is 0 Å². The van der Waals surface area contributed by atoms with Crippen LogP contribution in [0, 0.1) is 0 Å². The molecule has 0 aliphatic heterocycles. The van der Waals surface area contributed by atoms with Crippen molar-refractivity contribution in [3.05, 3.63) is 42.5 Å². The van der Waals surface area contributed by atoms with Crippen molar-refractivity contribution < 1.29 is 0 Å². The molecular formula is C10H10P2. The van der Waals surface area contributed by atoms with E-state index in [1.807, 2.05) is 0 Å². The summed E-state index contributed by atoms with van der Waals surface area (Å²) in [4.78, 5) is 0. The number of benzene rings is 2. The van der Waals surface area contributed by atoms with Gasteiger partial charge in [-0.1, -0.05) is 50.7 Å². The normalized spacial score (nSPS) is 11.4. The van der Waals surface area contributed by atoms with E-state index in [2.05, 4.69) is 51.4 Å². The van der Waals surface area contributed by atoms with Crippen molar-refractivity contribution in [2.24, 2.45) is 0 Å². The minimum Gasteiger partial charge on any atom is -0.110 e. The monoisotopic (exact) mass is 192 g/mol. The Morgan fingerprint density at radius 2 is 1.67 bits per heavy atom. The first-order chi connectivity index (χ1) is 5.92. The fraction of sp³-hybridized carbons (Fsp3) is 0. The molecule has 0 N–H and O–H groups in total. The van der Waals surface area contributed by atoms with E-state index in [1.54, 1.807) is 0 Å². The van der Waals surface area contributed by atoms with Gasteiger partial charge >= 0.3 is 0 Å². The molecule has 0 aromatic heterocycles. The third kappa shape index (κ3) is 1.38. The molecule has 0 saturated carbocycles. The van der Waals surface area contributed by atoms with Gasteiger partial charge in [-0.3, -0.25) is 0 Å². The first kappa shape index (κ1) is 8.17. The van der Waals surface area contributed by atoms with Crippen molar-refractivity contribution in [1.82, 2.24) is 0 Å². The summed E-state index contributed by atoms with van der Waals surface area (Å²) in [6.07, 6.45) is 0. The molecule has 0 amide bonds. The summed E-state index contributed by atoms with van der Waals surface area (Å²) in [5, 5.41) is 4.15. The Labute approximate surface area is 76.3 Å². The maximum atomic E-state index is 2.79. The molecule has 0 fully saturated rings. The Hall–Kier alpha value is -0.440. The maximum Gasteiger partial charge on any atom is -0.0106 e. The molecule has 2 heteroatoms. The second-order valence-electron chi connectivity index (χ2n) is 2.67. The molecule has 0 bridgehead atoms. The van der Waals surface area contributed by atoms with E-state index in [0.29, 0.717) is 0 Å². The summed E-state index contributed by atoms with van der Waals surface area (Å²) in [7, 11) is 3.59. The lowest BCUT2D eigenvalue weighted by atomic mass is 10.1. The van der Waals surface area contributed by atoms with Crippen LogP contribution in [0.1, 0.15) is 0 Å². The third-order valence-electron chi connectivity index (χ3n) is 1.95. The van der Waals surface area contributed by atoms with Crippen molar-refractivity contribution in [3.8, 4) is 0 Å². The quantitative estimate of drug-likeness (QED) is 0.609. The van der Waals surface area contributed by atoms with Gasteiger partial charge in [0.15, 0.2) is 0 Å². The van der Waals surface area contributed by atoms with E-state index >= 15 is 0 Å². The molecule has 2 atom stereocenters. The van der Waals surface area contributed by atoms with Crippen LogP contribution in [-0.2, 0) is 0 Å². The van der Waals surface area contributed by atoms with Gasteiger partial charge < -0.3 is 0 Å². The molecule has 2 unspecified atom stereocenters. The topological polar surface area (TPSA) is 0 Å². The average Bonchev–Trinajstić information content (AvgIpc) is 2.17. The number of hydrogen-bond donors (Lipinski definition) is 0. The smallest absolute Gasteiger partial charge is 0.0106 e. The summed E-state index contributed by atoms with van der Waals surface area (Å²) in [5.74, 6) is 0. The molecule has 2 aromatic rings. The standard InChI is InChI=1S/C10H10P2/c11-12-10-7-3-5-8-4-1-2-6-9(8)10/h1-7,12H,11H2. The van der Waals surface area contributed by atoms with Crippen LogP contribution in [0.2, 0.25) is 0 Å². The van der Waals surface area contributed by atoms with Crippen LogP contribution >= 0.6 is 17.2 Å². The highest BCUT2D eigenvalue weighted by Gasteiger charge is 1.95. The zero-order valence-corrected chi connectivity index (χ0v) is 8.77. The lowest BCUT2D eigenvalue weighted by Crippen LogP contribution is -1.92. The molecule has 0 heterocycles. The van der Waals surface area contributed by atoms with Crippen LogP contribution in [0.5, 0.6) is 0 Å². The molecule has 2 rings (SSSR count). The highest BCUT2D eigenvalue weighted by Crippen LogP contribution is 2.24. The summed E-state index contributed by atoms with van der Waals surface area (Å²) in [5.41, 5.74) is 0. The molecule has 12 heavy (non-hydrogen) atoms. The van der Waals surface area contributed by atoms with Crippen LogP contribution in [-0.4, -0.2) is 0 Å². The molecule has 0 radical (unpaired) electrons.